The molecule has 2 N–H and O–H groups in total. The maximum atomic E-state index is 12.2. The van der Waals surface area contributed by atoms with Crippen molar-refractivity contribution in [2.75, 3.05) is 13.7 Å². The summed E-state index contributed by atoms with van der Waals surface area (Å²) in [6.45, 7) is 0.264. The summed E-state index contributed by atoms with van der Waals surface area (Å²) in [4.78, 5) is 12.2. The van der Waals surface area contributed by atoms with Crippen molar-refractivity contribution in [1.29, 1.82) is 0 Å². The summed E-state index contributed by atoms with van der Waals surface area (Å²) in [5.74, 6) is 2.33. The largest absolute Gasteiger partial charge is 0.497 e. The molecular weight excluding hydrogens is 266 g/mol. The number of aliphatic hydroxyl groups is 1. The van der Waals surface area contributed by atoms with Crippen LogP contribution in [0.2, 0.25) is 0 Å². The number of carbonyl (C=O) groups is 1. The van der Waals surface area contributed by atoms with Crippen LogP contribution in [0.25, 0.3) is 0 Å². The van der Waals surface area contributed by atoms with Crippen molar-refractivity contribution in [3.05, 3.63) is 29.8 Å². The van der Waals surface area contributed by atoms with Crippen LogP contribution < -0.4 is 10.1 Å². The molecule has 2 aliphatic rings. The molecule has 2 saturated carbocycles. The second kappa shape index (κ2) is 6.06. The zero-order chi connectivity index (χ0) is 14.8. The summed E-state index contributed by atoms with van der Waals surface area (Å²) in [6, 6.07) is 7.32. The summed E-state index contributed by atoms with van der Waals surface area (Å²) < 4.78 is 5.15. The van der Waals surface area contributed by atoms with Gasteiger partial charge in [0.25, 0.3) is 0 Å². The molecule has 4 atom stereocenters. The predicted molar refractivity (Wildman–Crippen MR) is 79.9 cm³/mol. The van der Waals surface area contributed by atoms with Crippen molar-refractivity contribution < 1.29 is 14.6 Å². The minimum absolute atomic E-state index is 0.115. The van der Waals surface area contributed by atoms with E-state index in [0.29, 0.717) is 11.7 Å². The molecule has 0 heterocycles. The Morgan fingerprint density at radius 1 is 1.43 bits per heavy atom. The first-order valence-electron chi connectivity index (χ1n) is 7.77. The van der Waals surface area contributed by atoms with Crippen LogP contribution in [-0.4, -0.2) is 24.7 Å². The minimum atomic E-state index is -0.692. The maximum absolute atomic E-state index is 12.2. The maximum Gasteiger partial charge on any atom is 0.223 e. The molecule has 2 bridgehead atoms. The highest BCUT2D eigenvalue weighted by molar-refractivity contribution is 5.79. The third-order valence-electron chi connectivity index (χ3n) is 5.02. The van der Waals surface area contributed by atoms with Gasteiger partial charge in [-0.3, -0.25) is 4.79 Å². The van der Waals surface area contributed by atoms with Crippen LogP contribution in [0, 0.1) is 17.8 Å². The van der Waals surface area contributed by atoms with Crippen molar-refractivity contribution >= 4 is 5.91 Å². The number of ether oxygens (including phenoxy) is 1. The molecule has 1 amide bonds. The molecule has 1 aromatic carbocycles. The zero-order valence-corrected chi connectivity index (χ0v) is 12.4. The molecule has 4 heteroatoms. The Balaban J connectivity index is 1.53. The summed E-state index contributed by atoms with van der Waals surface area (Å²) >= 11 is 0. The van der Waals surface area contributed by atoms with Crippen LogP contribution in [0.4, 0.5) is 0 Å². The van der Waals surface area contributed by atoms with Gasteiger partial charge in [-0.25, -0.2) is 0 Å². The van der Waals surface area contributed by atoms with Gasteiger partial charge in [-0.2, -0.15) is 0 Å². The van der Waals surface area contributed by atoms with Gasteiger partial charge < -0.3 is 15.2 Å². The first-order chi connectivity index (χ1) is 10.2. The Kier molecular flexibility index (Phi) is 4.15. The van der Waals surface area contributed by atoms with Gasteiger partial charge >= 0.3 is 0 Å². The van der Waals surface area contributed by atoms with Crippen LogP contribution in [-0.2, 0) is 4.79 Å². The van der Waals surface area contributed by atoms with E-state index in [1.165, 1.54) is 19.3 Å². The fourth-order valence-corrected chi connectivity index (χ4v) is 3.86. The first-order valence-corrected chi connectivity index (χ1v) is 7.77. The van der Waals surface area contributed by atoms with E-state index >= 15 is 0 Å². The van der Waals surface area contributed by atoms with Crippen LogP contribution in [0.3, 0.4) is 0 Å². The molecular formula is C17H23NO3. The van der Waals surface area contributed by atoms with Gasteiger partial charge in [-0.05, 0) is 48.8 Å². The van der Waals surface area contributed by atoms with E-state index in [0.717, 1.165) is 17.9 Å². The fourth-order valence-electron chi connectivity index (χ4n) is 3.86. The van der Waals surface area contributed by atoms with E-state index in [-0.39, 0.29) is 18.4 Å². The number of hydrogen-bond acceptors (Lipinski definition) is 3. The van der Waals surface area contributed by atoms with Crippen LogP contribution in [0.5, 0.6) is 5.75 Å². The van der Waals surface area contributed by atoms with Gasteiger partial charge in [-0.15, -0.1) is 0 Å². The highest BCUT2D eigenvalue weighted by Crippen LogP contribution is 2.48. The molecule has 3 rings (SSSR count). The normalized spacial score (nSPS) is 28.4. The van der Waals surface area contributed by atoms with Gasteiger partial charge in [0.15, 0.2) is 0 Å². The number of nitrogens with one attached hydrogen (secondary N) is 1. The Labute approximate surface area is 125 Å². The van der Waals surface area contributed by atoms with Crippen LogP contribution in [0.15, 0.2) is 24.3 Å². The first kappa shape index (κ1) is 14.4. The monoisotopic (exact) mass is 289 g/mol. The Morgan fingerprint density at radius 3 is 2.95 bits per heavy atom. The number of amides is 1. The zero-order valence-electron chi connectivity index (χ0n) is 12.4. The predicted octanol–water partition coefficient (Wildman–Crippen LogP) is 2.28. The molecule has 2 aliphatic carbocycles. The van der Waals surface area contributed by atoms with Crippen molar-refractivity contribution in [3.8, 4) is 5.75 Å². The molecule has 0 aromatic heterocycles. The Morgan fingerprint density at radius 2 is 2.29 bits per heavy atom. The lowest BCUT2D eigenvalue weighted by Gasteiger charge is -2.22. The summed E-state index contributed by atoms with van der Waals surface area (Å²) in [6.07, 6.45) is 4.05. The lowest BCUT2D eigenvalue weighted by atomic mass is 9.88. The van der Waals surface area contributed by atoms with Gasteiger partial charge in [0.1, 0.15) is 5.75 Å². The smallest absolute Gasteiger partial charge is 0.223 e. The van der Waals surface area contributed by atoms with Crippen LogP contribution in [0.1, 0.15) is 37.4 Å². The summed E-state index contributed by atoms with van der Waals surface area (Å²) in [5.41, 5.74) is 0.766. The molecule has 4 nitrogen and oxygen atoms in total. The van der Waals surface area contributed by atoms with E-state index in [2.05, 4.69) is 5.32 Å². The molecule has 4 unspecified atom stereocenters. The average Bonchev–Trinajstić information content (AvgIpc) is 3.15. The highest BCUT2D eigenvalue weighted by Gasteiger charge is 2.42. The topological polar surface area (TPSA) is 58.6 Å². The van der Waals surface area contributed by atoms with E-state index < -0.39 is 6.10 Å². The van der Waals surface area contributed by atoms with E-state index in [1.807, 2.05) is 18.2 Å². The summed E-state index contributed by atoms with van der Waals surface area (Å²) in [5, 5.41) is 13.1. The number of hydrogen-bond donors (Lipinski definition) is 2. The molecule has 114 valence electrons. The lowest BCUT2D eigenvalue weighted by Crippen LogP contribution is -2.36. The number of carbonyl (C=O) groups excluding carboxylic acids is 1. The van der Waals surface area contributed by atoms with E-state index in [4.69, 9.17) is 4.74 Å². The Hall–Kier alpha value is -1.55. The number of rotatable bonds is 5. The minimum Gasteiger partial charge on any atom is -0.497 e. The van der Waals surface area contributed by atoms with E-state index in [9.17, 15) is 9.90 Å². The molecule has 21 heavy (non-hydrogen) atoms. The van der Waals surface area contributed by atoms with Gasteiger partial charge in [-0.1, -0.05) is 18.6 Å². The lowest BCUT2D eigenvalue weighted by molar-refractivity contribution is -0.127. The van der Waals surface area contributed by atoms with Gasteiger partial charge in [0, 0.05) is 12.5 Å². The SMILES string of the molecule is COc1cccc(C(O)CNC(=O)C2CC3CCC2C3)c1. The molecule has 1 aromatic rings. The third kappa shape index (κ3) is 3.05. The van der Waals surface area contributed by atoms with E-state index in [1.54, 1.807) is 13.2 Å². The second-order valence-corrected chi connectivity index (χ2v) is 6.32. The molecule has 0 spiro atoms. The third-order valence-corrected chi connectivity index (χ3v) is 5.02. The summed E-state index contributed by atoms with van der Waals surface area (Å²) in [7, 11) is 1.60. The van der Waals surface area contributed by atoms with Crippen molar-refractivity contribution in [2.24, 2.45) is 17.8 Å². The molecule has 2 fully saturated rings. The number of aliphatic hydroxyl groups excluding tert-OH is 1. The number of methoxy groups -OCH3 is 1. The molecule has 0 aliphatic heterocycles. The molecule has 0 saturated heterocycles. The van der Waals surface area contributed by atoms with Crippen molar-refractivity contribution in [2.45, 2.75) is 31.8 Å². The highest BCUT2D eigenvalue weighted by atomic mass is 16.5. The Bertz CT molecular complexity index is 517. The van der Waals surface area contributed by atoms with Crippen molar-refractivity contribution in [1.82, 2.24) is 5.32 Å². The fraction of sp³-hybridized carbons (Fsp3) is 0.588. The quantitative estimate of drug-likeness (QED) is 0.874. The standard InChI is InChI=1S/C17H23NO3/c1-21-14-4-2-3-13(9-14)16(19)10-18-17(20)15-8-11-5-6-12(15)7-11/h2-4,9,11-12,15-16,19H,5-8,10H2,1H3,(H,18,20). The average molecular weight is 289 g/mol. The number of fused-ring (bicyclic) bond motifs is 2. The van der Waals surface area contributed by atoms with Gasteiger partial charge in [0.05, 0.1) is 13.2 Å². The van der Waals surface area contributed by atoms with Crippen LogP contribution >= 0.6 is 0 Å². The molecule has 0 radical (unpaired) electrons. The number of benzene rings is 1. The van der Waals surface area contributed by atoms with Gasteiger partial charge in [0.2, 0.25) is 5.91 Å². The second-order valence-electron chi connectivity index (χ2n) is 6.32. The van der Waals surface area contributed by atoms with Crippen molar-refractivity contribution in [3.63, 3.8) is 0 Å².